The fourth-order valence-corrected chi connectivity index (χ4v) is 19.9. The lowest BCUT2D eigenvalue weighted by Crippen LogP contribution is -2.16. The molecule has 118 heavy (non-hydrogen) atoms. The van der Waals surface area contributed by atoms with Crippen LogP contribution >= 0.6 is 0 Å². The predicted octanol–water partition coefficient (Wildman–Crippen LogP) is 32.0. The standard InChI is InChI=1S/C112H74N2O4/c1-111(2)97-27-15-13-25-87(97)89-53-43-67-35-49-85(65-95(67)105(89)111)113(83-51-41-73-59-79(33-31-75(73)61-83)101-63-77-23-11-17-29-99(77)115-101)81-45-37-71(38-46-81)107-103(69-19-7-5-8-20-69)93-57-55-92-91(109(93)117-107)56-58-94-104(70-21-9-6-10-22-70)108(118-110(92)94)72-39-47-82(48-40-72)114(84-52-42-74-60-80(34-32-76(74)62-84)102-64-78-24-12-18-30-100(78)116-102)86-50-36-68-44-54-90-88-26-14-16-28-98(88)112(3,4)106(90)96(68)66-86/h5-66H,1-4H3. The summed E-state index contributed by atoms with van der Waals surface area (Å²) in [5.41, 5.74) is 28.0. The molecule has 4 aromatic heterocycles. The van der Waals surface area contributed by atoms with Crippen LogP contribution in [-0.2, 0) is 10.8 Å². The lowest BCUT2D eigenvalue weighted by molar-refractivity contribution is 0.631. The van der Waals surface area contributed by atoms with Crippen LogP contribution in [0.25, 0.3) is 188 Å². The molecule has 24 rings (SSSR count). The Morgan fingerprint density at radius 2 is 0.551 bits per heavy atom. The Morgan fingerprint density at radius 3 is 0.983 bits per heavy atom. The second-order valence-corrected chi connectivity index (χ2v) is 33.0. The molecule has 6 heteroatoms. The van der Waals surface area contributed by atoms with Gasteiger partial charge in [0.05, 0.1) is 0 Å². The van der Waals surface area contributed by atoms with Gasteiger partial charge in [-0.1, -0.05) is 246 Å². The SMILES string of the molecule is CC1(C)c2ccccc2-c2ccc3ccc(N(c4ccc(-c5oc6c(ccc7c6ccc6c(-c8ccccc8)c(-c8ccc(N(c9ccc%10cc(-c%11cc%12ccccc%12o%11)ccc%10c9)c9ccc%10ccc%11c(c%10c9)C(C)(C)c9ccccc9-%11)cc8)oc67)c5-c5ccccc5)cc4)c4ccc5cc(-c6cc7ccccc7o6)ccc5c4)cc3c21. The van der Waals surface area contributed by atoms with E-state index in [1.807, 2.05) is 24.3 Å². The van der Waals surface area contributed by atoms with Crippen LogP contribution in [0.1, 0.15) is 49.9 Å². The smallest absolute Gasteiger partial charge is 0.143 e. The number of hydrogen-bond donors (Lipinski definition) is 0. The van der Waals surface area contributed by atoms with Gasteiger partial charge < -0.3 is 27.5 Å². The number of fused-ring (bicyclic) bond motifs is 19. The van der Waals surface area contributed by atoms with Gasteiger partial charge in [-0.25, -0.2) is 0 Å². The summed E-state index contributed by atoms with van der Waals surface area (Å²) in [5.74, 6) is 3.29. The van der Waals surface area contributed by atoms with Gasteiger partial charge in [0.25, 0.3) is 0 Å². The zero-order valence-corrected chi connectivity index (χ0v) is 65.3. The van der Waals surface area contributed by atoms with Crippen molar-refractivity contribution in [3.8, 4) is 89.8 Å². The molecular formula is C112H74N2O4. The van der Waals surface area contributed by atoms with Crippen molar-refractivity contribution in [3.63, 3.8) is 0 Å². The van der Waals surface area contributed by atoms with Gasteiger partial charge >= 0.3 is 0 Å². The maximum atomic E-state index is 7.49. The number of para-hydroxylation sites is 2. The minimum absolute atomic E-state index is 0.206. The summed E-state index contributed by atoms with van der Waals surface area (Å²) < 4.78 is 27.8. The Hall–Kier alpha value is -15.0. The van der Waals surface area contributed by atoms with Crippen LogP contribution in [0.2, 0.25) is 0 Å². The highest BCUT2D eigenvalue weighted by molar-refractivity contribution is 6.21. The summed E-state index contributed by atoms with van der Waals surface area (Å²) >= 11 is 0. The number of benzene rings is 18. The van der Waals surface area contributed by atoms with E-state index in [4.69, 9.17) is 17.7 Å². The molecule has 0 radical (unpaired) electrons. The summed E-state index contributed by atoms with van der Waals surface area (Å²) in [6.45, 7) is 9.50. The number of rotatable bonds is 12. The molecule has 0 spiro atoms. The predicted molar refractivity (Wildman–Crippen MR) is 490 cm³/mol. The first-order valence-corrected chi connectivity index (χ1v) is 40.7. The van der Waals surface area contributed by atoms with Gasteiger partial charge in [0.2, 0.25) is 0 Å². The Balaban J connectivity index is 0.625. The fourth-order valence-electron chi connectivity index (χ4n) is 19.9. The molecule has 2 aliphatic carbocycles. The lowest BCUT2D eigenvalue weighted by Gasteiger charge is -2.28. The van der Waals surface area contributed by atoms with Crippen LogP contribution in [0.4, 0.5) is 34.1 Å². The van der Waals surface area contributed by atoms with E-state index in [0.717, 1.165) is 178 Å². The molecule has 0 saturated carbocycles. The average molecular weight is 1510 g/mol. The quantitative estimate of drug-likeness (QED) is 0.121. The molecule has 0 saturated heterocycles. The molecule has 4 heterocycles. The Bertz CT molecular complexity index is 7390. The van der Waals surface area contributed by atoms with Crippen molar-refractivity contribution in [1.29, 1.82) is 0 Å². The molecule has 0 amide bonds. The van der Waals surface area contributed by atoms with Gasteiger partial charge in [-0.05, 0) is 256 Å². The van der Waals surface area contributed by atoms with E-state index < -0.39 is 0 Å². The van der Waals surface area contributed by atoms with E-state index >= 15 is 0 Å². The number of furan rings is 4. The van der Waals surface area contributed by atoms with Crippen molar-refractivity contribution in [2.24, 2.45) is 0 Å². The van der Waals surface area contributed by atoms with Crippen molar-refractivity contribution in [1.82, 2.24) is 0 Å². The second-order valence-electron chi connectivity index (χ2n) is 33.0. The maximum absolute atomic E-state index is 7.49. The van der Waals surface area contributed by atoms with Crippen molar-refractivity contribution < 1.29 is 17.7 Å². The topological polar surface area (TPSA) is 59.0 Å². The fraction of sp³-hybridized carbons (Fsp3) is 0.0536. The second kappa shape index (κ2) is 25.8. The van der Waals surface area contributed by atoms with E-state index in [2.05, 4.69) is 389 Å². The van der Waals surface area contributed by atoms with E-state index in [1.165, 1.54) is 66.1 Å². The van der Waals surface area contributed by atoms with Crippen LogP contribution in [0.5, 0.6) is 0 Å². The first kappa shape index (κ1) is 67.5. The molecule has 22 aromatic rings. The Morgan fingerprint density at radius 1 is 0.212 bits per heavy atom. The zero-order chi connectivity index (χ0) is 78.2. The van der Waals surface area contributed by atoms with E-state index in [9.17, 15) is 0 Å². The Labute approximate surface area is 681 Å². The molecule has 556 valence electrons. The molecule has 6 nitrogen and oxygen atoms in total. The largest absolute Gasteiger partial charge is 0.456 e. The number of nitrogens with zero attached hydrogens (tertiary/aromatic N) is 2. The van der Waals surface area contributed by atoms with Crippen LogP contribution < -0.4 is 9.80 Å². The van der Waals surface area contributed by atoms with Crippen molar-refractivity contribution in [3.05, 3.63) is 398 Å². The van der Waals surface area contributed by atoms with E-state index in [1.54, 1.807) is 0 Å². The highest BCUT2D eigenvalue weighted by atomic mass is 16.3. The maximum Gasteiger partial charge on any atom is 0.143 e. The minimum atomic E-state index is -0.206. The average Bonchev–Trinajstić information content (AvgIpc) is 1.55. The van der Waals surface area contributed by atoms with E-state index in [-0.39, 0.29) is 10.8 Å². The molecule has 0 bridgehead atoms. The molecule has 0 fully saturated rings. The summed E-state index contributed by atoms with van der Waals surface area (Å²) in [7, 11) is 0. The molecule has 0 N–H and O–H groups in total. The summed E-state index contributed by atoms with van der Waals surface area (Å²) in [4.78, 5) is 4.82. The van der Waals surface area contributed by atoms with Crippen molar-refractivity contribution in [2.75, 3.05) is 9.80 Å². The Kier molecular flexibility index (Phi) is 14.7. The van der Waals surface area contributed by atoms with Crippen LogP contribution in [0, 0.1) is 0 Å². The zero-order valence-electron chi connectivity index (χ0n) is 65.3. The van der Waals surface area contributed by atoms with Gasteiger partial charge in [0, 0.05) is 111 Å². The number of hydrogen-bond acceptors (Lipinski definition) is 6. The third kappa shape index (κ3) is 10.4. The summed E-state index contributed by atoms with van der Waals surface area (Å²) in [6, 6.07) is 137. The third-order valence-corrected chi connectivity index (χ3v) is 25.5. The summed E-state index contributed by atoms with van der Waals surface area (Å²) in [6.07, 6.45) is 0. The first-order chi connectivity index (χ1) is 57.9. The number of anilines is 6. The highest BCUT2D eigenvalue weighted by Gasteiger charge is 2.39. The van der Waals surface area contributed by atoms with Gasteiger partial charge in [-0.2, -0.15) is 0 Å². The first-order valence-electron chi connectivity index (χ1n) is 40.7. The lowest BCUT2D eigenvalue weighted by atomic mass is 9.80. The van der Waals surface area contributed by atoms with Crippen molar-refractivity contribution >= 4 is 132 Å². The van der Waals surface area contributed by atoms with Crippen LogP contribution in [0.3, 0.4) is 0 Å². The van der Waals surface area contributed by atoms with Crippen LogP contribution in [-0.4, -0.2) is 0 Å². The minimum Gasteiger partial charge on any atom is -0.456 e. The molecule has 0 unspecified atom stereocenters. The third-order valence-electron chi connectivity index (χ3n) is 25.5. The van der Waals surface area contributed by atoms with Gasteiger partial charge in [0.15, 0.2) is 0 Å². The summed E-state index contributed by atoms with van der Waals surface area (Å²) in [5, 5.41) is 15.6. The van der Waals surface area contributed by atoms with Crippen molar-refractivity contribution in [2.45, 2.75) is 38.5 Å². The van der Waals surface area contributed by atoms with E-state index in [0.29, 0.717) is 0 Å². The normalized spacial score (nSPS) is 13.2. The van der Waals surface area contributed by atoms with Gasteiger partial charge in [0.1, 0.15) is 45.4 Å². The van der Waals surface area contributed by atoms with Crippen LogP contribution in [0.15, 0.2) is 394 Å². The highest BCUT2D eigenvalue weighted by Crippen LogP contribution is 2.56. The van der Waals surface area contributed by atoms with Gasteiger partial charge in [-0.15, -0.1) is 0 Å². The van der Waals surface area contributed by atoms with Gasteiger partial charge in [-0.3, -0.25) is 0 Å². The molecule has 18 aromatic carbocycles. The monoisotopic (exact) mass is 1510 g/mol. The molecular weight excluding hydrogens is 1440 g/mol. The molecule has 0 aliphatic heterocycles. The molecule has 0 atom stereocenters. The molecule has 2 aliphatic rings.